The Morgan fingerprint density at radius 3 is 1.59 bits per heavy atom. The molecule has 3 nitrogen and oxygen atoms in total. The predicted molar refractivity (Wildman–Crippen MR) is 208 cm³/mol. The minimum atomic E-state index is -0.513. The van der Waals surface area contributed by atoms with Crippen LogP contribution in [0.2, 0.25) is 0 Å². The van der Waals surface area contributed by atoms with Crippen molar-refractivity contribution in [1.82, 2.24) is 15.0 Å². The van der Waals surface area contributed by atoms with E-state index in [0.29, 0.717) is 0 Å². The van der Waals surface area contributed by atoms with Gasteiger partial charge in [0.05, 0.1) is 33.5 Å². The van der Waals surface area contributed by atoms with Gasteiger partial charge in [-0.05, 0) is 57.6 Å². The molecule has 0 bridgehead atoms. The molecular weight excluding hydrogens is 619 g/mol. The second kappa shape index (κ2) is 11.7. The molecule has 1 aliphatic carbocycles. The van der Waals surface area contributed by atoms with Gasteiger partial charge in [0.1, 0.15) is 0 Å². The van der Waals surface area contributed by atoms with Gasteiger partial charge in [-0.1, -0.05) is 158 Å². The molecule has 0 spiro atoms. The van der Waals surface area contributed by atoms with Gasteiger partial charge in [0.15, 0.2) is 0 Å². The van der Waals surface area contributed by atoms with Crippen molar-refractivity contribution in [3.05, 3.63) is 210 Å². The fourth-order valence-corrected chi connectivity index (χ4v) is 8.21. The molecule has 0 saturated carbocycles. The Morgan fingerprint density at radius 1 is 0.353 bits per heavy atom. The molecule has 3 aromatic heterocycles. The Hall–Kier alpha value is -6.71. The quantitative estimate of drug-likeness (QED) is 0.174. The number of nitrogens with zero attached hydrogens (tertiary/aromatic N) is 3. The van der Waals surface area contributed by atoms with Crippen LogP contribution in [0.3, 0.4) is 0 Å². The summed E-state index contributed by atoms with van der Waals surface area (Å²) in [5.74, 6) is 0. The zero-order valence-corrected chi connectivity index (χ0v) is 27.7. The highest BCUT2D eigenvalue weighted by Gasteiger charge is 2.47. The van der Waals surface area contributed by atoms with Crippen molar-refractivity contribution < 1.29 is 0 Å². The van der Waals surface area contributed by atoms with E-state index in [1.54, 1.807) is 0 Å². The standard InChI is InChI=1S/C48H31N3/c1-4-14-32(15-5-1)41-29-25-33-23-24-34-26-30-42(51-47(34)46(33)50-41)38-27-28-40-44(45(38)43-22-12-13-31-49-43)37-20-10-11-21-39(37)48(40,35-16-6-2-7-17-35)36-18-8-3-9-19-36/h1-31H. The average molecular weight is 650 g/mol. The first-order chi connectivity index (χ1) is 25.3. The van der Waals surface area contributed by atoms with Gasteiger partial charge in [-0.3, -0.25) is 4.98 Å². The van der Waals surface area contributed by atoms with E-state index in [2.05, 4.69) is 170 Å². The summed E-state index contributed by atoms with van der Waals surface area (Å²) in [7, 11) is 0. The number of hydrogen-bond acceptors (Lipinski definition) is 3. The molecule has 0 N–H and O–H groups in total. The molecule has 0 fully saturated rings. The normalized spacial score (nSPS) is 12.9. The smallest absolute Gasteiger partial charge is 0.0972 e. The molecule has 6 aromatic carbocycles. The molecule has 10 rings (SSSR count). The van der Waals surface area contributed by atoms with Gasteiger partial charge in [0.2, 0.25) is 0 Å². The fourth-order valence-electron chi connectivity index (χ4n) is 8.21. The minimum Gasteiger partial charge on any atom is -0.256 e. The molecule has 0 radical (unpaired) electrons. The lowest BCUT2D eigenvalue weighted by Gasteiger charge is -2.34. The van der Waals surface area contributed by atoms with Crippen LogP contribution in [0.25, 0.3) is 66.7 Å². The largest absolute Gasteiger partial charge is 0.256 e. The average Bonchev–Trinajstić information content (AvgIpc) is 3.52. The highest BCUT2D eigenvalue weighted by Crippen LogP contribution is 2.59. The van der Waals surface area contributed by atoms with Gasteiger partial charge in [-0.15, -0.1) is 0 Å². The third-order valence-electron chi connectivity index (χ3n) is 10.4. The number of hydrogen-bond donors (Lipinski definition) is 0. The maximum atomic E-state index is 5.44. The second-order valence-corrected chi connectivity index (χ2v) is 13.1. The van der Waals surface area contributed by atoms with Crippen molar-refractivity contribution in [2.45, 2.75) is 5.41 Å². The van der Waals surface area contributed by atoms with Crippen molar-refractivity contribution in [2.24, 2.45) is 0 Å². The van der Waals surface area contributed by atoms with Gasteiger partial charge in [0.25, 0.3) is 0 Å². The zero-order chi connectivity index (χ0) is 33.8. The van der Waals surface area contributed by atoms with Crippen molar-refractivity contribution in [1.29, 1.82) is 0 Å². The Kier molecular flexibility index (Phi) is 6.71. The first-order valence-corrected chi connectivity index (χ1v) is 17.4. The van der Waals surface area contributed by atoms with Crippen LogP contribution >= 0.6 is 0 Å². The van der Waals surface area contributed by atoms with Gasteiger partial charge < -0.3 is 0 Å². The molecule has 0 saturated heterocycles. The number of fused-ring (bicyclic) bond motifs is 6. The molecule has 3 heterocycles. The maximum Gasteiger partial charge on any atom is 0.0972 e. The van der Waals surface area contributed by atoms with E-state index in [4.69, 9.17) is 15.0 Å². The number of aromatic nitrogens is 3. The molecule has 0 unspecified atom stereocenters. The lowest BCUT2D eigenvalue weighted by atomic mass is 9.67. The summed E-state index contributed by atoms with van der Waals surface area (Å²) in [4.78, 5) is 15.6. The van der Waals surface area contributed by atoms with E-state index in [9.17, 15) is 0 Å². The molecule has 238 valence electrons. The lowest BCUT2D eigenvalue weighted by Crippen LogP contribution is -2.28. The summed E-state index contributed by atoms with van der Waals surface area (Å²) >= 11 is 0. The first kappa shape index (κ1) is 29.2. The van der Waals surface area contributed by atoms with Crippen molar-refractivity contribution >= 4 is 21.8 Å². The summed E-state index contributed by atoms with van der Waals surface area (Å²) in [6.45, 7) is 0. The van der Waals surface area contributed by atoms with Crippen molar-refractivity contribution in [2.75, 3.05) is 0 Å². The van der Waals surface area contributed by atoms with Crippen LogP contribution in [0.4, 0.5) is 0 Å². The van der Waals surface area contributed by atoms with Crippen LogP contribution in [0.1, 0.15) is 22.3 Å². The highest BCUT2D eigenvalue weighted by atomic mass is 14.8. The van der Waals surface area contributed by atoms with E-state index in [0.717, 1.165) is 55.6 Å². The van der Waals surface area contributed by atoms with Gasteiger partial charge in [-0.2, -0.15) is 0 Å². The van der Waals surface area contributed by atoms with Crippen molar-refractivity contribution in [3.63, 3.8) is 0 Å². The molecular formula is C48H31N3. The Morgan fingerprint density at radius 2 is 0.922 bits per heavy atom. The monoisotopic (exact) mass is 649 g/mol. The van der Waals surface area contributed by atoms with Crippen LogP contribution in [-0.4, -0.2) is 15.0 Å². The van der Waals surface area contributed by atoms with Crippen LogP contribution in [0.15, 0.2) is 188 Å². The molecule has 0 aliphatic heterocycles. The molecule has 51 heavy (non-hydrogen) atoms. The number of benzene rings is 6. The highest BCUT2D eigenvalue weighted by molar-refractivity contribution is 6.06. The second-order valence-electron chi connectivity index (χ2n) is 13.1. The number of rotatable bonds is 5. The minimum absolute atomic E-state index is 0.513. The Balaban J connectivity index is 1.28. The SMILES string of the molecule is c1ccc(-c2ccc3ccc4ccc(-c5ccc6c(c5-c5ccccn5)-c5ccccc5C6(c5ccccc5)c5ccccc5)nc4c3n2)cc1. The van der Waals surface area contributed by atoms with Gasteiger partial charge in [0, 0.05) is 33.7 Å². The van der Waals surface area contributed by atoms with Gasteiger partial charge >= 0.3 is 0 Å². The van der Waals surface area contributed by atoms with E-state index in [1.807, 2.05) is 18.3 Å². The van der Waals surface area contributed by atoms with E-state index < -0.39 is 5.41 Å². The van der Waals surface area contributed by atoms with Crippen molar-refractivity contribution in [3.8, 4) is 44.9 Å². The third-order valence-corrected chi connectivity index (χ3v) is 10.4. The zero-order valence-electron chi connectivity index (χ0n) is 27.7. The summed E-state index contributed by atoms with van der Waals surface area (Å²) in [6.07, 6.45) is 1.89. The van der Waals surface area contributed by atoms with Crippen LogP contribution in [0, 0.1) is 0 Å². The third kappa shape index (κ3) is 4.48. The molecule has 1 aliphatic rings. The first-order valence-electron chi connectivity index (χ1n) is 17.4. The molecule has 3 heteroatoms. The molecule has 0 atom stereocenters. The fraction of sp³-hybridized carbons (Fsp3) is 0.0208. The Labute approximate surface area is 296 Å². The predicted octanol–water partition coefficient (Wildman–Crippen LogP) is 11.5. The van der Waals surface area contributed by atoms with Crippen LogP contribution < -0.4 is 0 Å². The number of pyridine rings is 3. The van der Waals surface area contributed by atoms with E-state index in [1.165, 1.54) is 33.4 Å². The van der Waals surface area contributed by atoms with Crippen LogP contribution in [-0.2, 0) is 5.41 Å². The topological polar surface area (TPSA) is 38.7 Å². The Bertz CT molecular complexity index is 2680. The summed E-state index contributed by atoms with van der Waals surface area (Å²) in [5, 5.41) is 2.12. The summed E-state index contributed by atoms with van der Waals surface area (Å²) < 4.78 is 0. The van der Waals surface area contributed by atoms with E-state index >= 15 is 0 Å². The molecule has 9 aromatic rings. The van der Waals surface area contributed by atoms with Gasteiger partial charge in [-0.25, -0.2) is 9.97 Å². The van der Waals surface area contributed by atoms with Crippen LogP contribution in [0.5, 0.6) is 0 Å². The lowest BCUT2D eigenvalue weighted by molar-refractivity contribution is 0.768. The van der Waals surface area contributed by atoms with E-state index in [-0.39, 0.29) is 0 Å². The maximum absolute atomic E-state index is 5.44. The molecule has 0 amide bonds. The summed E-state index contributed by atoms with van der Waals surface area (Å²) in [5.41, 5.74) is 14.6. The summed E-state index contributed by atoms with van der Waals surface area (Å²) in [6, 6.07) is 64.7.